The number of hydrogen-bond donors (Lipinski definition) is 0. The number of halogens is 1. The molecule has 1 rings (SSSR count). The van der Waals surface area contributed by atoms with Gasteiger partial charge in [-0.25, -0.2) is 0 Å². The van der Waals surface area contributed by atoms with Crippen LogP contribution >= 0.6 is 11.6 Å². The molecule has 0 aliphatic carbocycles. The maximum atomic E-state index is 11.7. The molecule has 0 bridgehead atoms. The van der Waals surface area contributed by atoms with Crippen molar-refractivity contribution < 1.29 is 14.3 Å². The van der Waals surface area contributed by atoms with Crippen molar-refractivity contribution in [1.29, 1.82) is 0 Å². The number of rotatable bonds is 4. The van der Waals surface area contributed by atoms with Gasteiger partial charge in [0.25, 0.3) is 0 Å². The summed E-state index contributed by atoms with van der Waals surface area (Å²) in [5, 5.41) is 0.609. The summed E-state index contributed by atoms with van der Waals surface area (Å²) in [5.41, 5.74) is -0.217. The van der Waals surface area contributed by atoms with Crippen LogP contribution in [0.3, 0.4) is 0 Å². The van der Waals surface area contributed by atoms with Crippen LogP contribution in [-0.2, 0) is 9.53 Å². The smallest absolute Gasteiger partial charge is 0.312 e. The Hall–Kier alpha value is -1.22. The van der Waals surface area contributed by atoms with E-state index in [0.717, 1.165) is 0 Å². The Kier molecular flexibility index (Phi) is 5.03. The lowest BCUT2D eigenvalue weighted by Gasteiger charge is -2.28. The van der Waals surface area contributed by atoms with Crippen molar-refractivity contribution in [2.24, 2.45) is 11.3 Å². The van der Waals surface area contributed by atoms with Crippen LogP contribution in [0.25, 0.3) is 0 Å². The highest BCUT2D eigenvalue weighted by Gasteiger charge is 2.32. The maximum Gasteiger partial charge on any atom is 0.312 e. The number of ether oxygens (including phenoxy) is 2. The molecular weight excluding hydrogens is 252 g/mol. The van der Waals surface area contributed by atoms with Crippen LogP contribution in [-0.4, -0.2) is 19.7 Å². The van der Waals surface area contributed by atoms with Crippen molar-refractivity contribution in [2.45, 2.75) is 20.8 Å². The van der Waals surface area contributed by atoms with Gasteiger partial charge in [-0.2, -0.15) is 0 Å². The van der Waals surface area contributed by atoms with Gasteiger partial charge in [-0.15, -0.1) is 0 Å². The number of esters is 1. The third-order valence-electron chi connectivity index (χ3n) is 2.74. The Balaban J connectivity index is 2.71. The number of methoxy groups -OCH3 is 1. The predicted octanol–water partition coefficient (Wildman–Crippen LogP) is 3.55. The molecule has 1 aromatic carbocycles. The van der Waals surface area contributed by atoms with E-state index in [1.165, 1.54) is 7.11 Å². The van der Waals surface area contributed by atoms with Crippen LogP contribution < -0.4 is 4.74 Å². The molecule has 0 aliphatic heterocycles. The SMILES string of the molecule is COC(=O)C(COc1cccc(Cl)c1)C(C)(C)C. The standard InChI is InChI=1S/C14H19ClO3/c1-14(2,3)12(13(16)17-4)9-18-11-7-5-6-10(15)8-11/h5-8,12H,9H2,1-4H3. The lowest BCUT2D eigenvalue weighted by atomic mass is 9.81. The molecule has 0 N–H and O–H groups in total. The summed E-state index contributed by atoms with van der Waals surface area (Å²) in [5.74, 6) is 0.0756. The maximum absolute atomic E-state index is 11.7. The molecule has 18 heavy (non-hydrogen) atoms. The summed E-state index contributed by atoms with van der Waals surface area (Å²) >= 11 is 5.87. The van der Waals surface area contributed by atoms with Gasteiger partial charge in [0.1, 0.15) is 12.4 Å². The van der Waals surface area contributed by atoms with E-state index in [1.807, 2.05) is 32.9 Å². The van der Waals surface area contributed by atoms with E-state index in [1.54, 1.807) is 12.1 Å². The Morgan fingerprint density at radius 3 is 2.56 bits per heavy atom. The summed E-state index contributed by atoms with van der Waals surface area (Å²) in [6.45, 7) is 6.22. The minimum absolute atomic E-state index is 0.217. The molecule has 0 spiro atoms. The van der Waals surface area contributed by atoms with E-state index in [-0.39, 0.29) is 23.9 Å². The summed E-state index contributed by atoms with van der Waals surface area (Å²) < 4.78 is 10.4. The van der Waals surface area contributed by atoms with E-state index < -0.39 is 0 Å². The van der Waals surface area contributed by atoms with Crippen molar-refractivity contribution in [2.75, 3.05) is 13.7 Å². The summed E-state index contributed by atoms with van der Waals surface area (Å²) in [4.78, 5) is 11.7. The topological polar surface area (TPSA) is 35.5 Å². The molecule has 0 heterocycles. The second-order valence-electron chi connectivity index (χ2n) is 5.21. The third kappa shape index (κ3) is 4.22. The molecule has 0 aromatic heterocycles. The molecule has 1 atom stereocenters. The molecule has 0 radical (unpaired) electrons. The zero-order valence-corrected chi connectivity index (χ0v) is 12.0. The minimum atomic E-state index is -0.318. The average molecular weight is 271 g/mol. The summed E-state index contributed by atoms with van der Waals surface area (Å²) in [6, 6.07) is 7.11. The van der Waals surface area contributed by atoms with Gasteiger partial charge in [0.15, 0.2) is 0 Å². The number of benzene rings is 1. The molecule has 3 nitrogen and oxygen atoms in total. The van der Waals surface area contributed by atoms with Gasteiger partial charge in [-0.3, -0.25) is 4.79 Å². The zero-order chi connectivity index (χ0) is 13.8. The van der Waals surface area contributed by atoms with E-state index in [0.29, 0.717) is 10.8 Å². The second kappa shape index (κ2) is 6.10. The van der Waals surface area contributed by atoms with Gasteiger partial charge in [0, 0.05) is 5.02 Å². The van der Waals surface area contributed by atoms with Crippen LogP contribution in [0, 0.1) is 11.3 Å². The summed E-state index contributed by atoms with van der Waals surface area (Å²) in [7, 11) is 1.39. The molecular formula is C14H19ClO3. The fraction of sp³-hybridized carbons (Fsp3) is 0.500. The fourth-order valence-electron chi connectivity index (χ4n) is 1.55. The molecule has 4 heteroatoms. The van der Waals surface area contributed by atoms with Gasteiger partial charge < -0.3 is 9.47 Å². The monoisotopic (exact) mass is 270 g/mol. The first-order valence-electron chi connectivity index (χ1n) is 5.81. The molecule has 100 valence electrons. The van der Waals surface area contributed by atoms with Gasteiger partial charge in [-0.1, -0.05) is 38.4 Å². The van der Waals surface area contributed by atoms with Crippen LogP contribution in [0.4, 0.5) is 0 Å². The molecule has 0 saturated carbocycles. The molecule has 0 aliphatic rings. The van der Waals surface area contributed by atoms with Crippen LogP contribution in [0.5, 0.6) is 5.75 Å². The highest BCUT2D eigenvalue weighted by Crippen LogP contribution is 2.28. The molecule has 0 amide bonds. The van der Waals surface area contributed by atoms with Gasteiger partial charge in [0.05, 0.1) is 13.0 Å². The lowest BCUT2D eigenvalue weighted by Crippen LogP contribution is -2.34. The van der Waals surface area contributed by atoms with Crippen LogP contribution in [0.15, 0.2) is 24.3 Å². The Labute approximate surface area is 113 Å². The Morgan fingerprint density at radius 1 is 1.39 bits per heavy atom. The van der Waals surface area contributed by atoms with E-state index in [4.69, 9.17) is 21.1 Å². The average Bonchev–Trinajstić information content (AvgIpc) is 2.27. The van der Waals surface area contributed by atoms with Crippen LogP contribution in [0.1, 0.15) is 20.8 Å². The van der Waals surface area contributed by atoms with Gasteiger partial charge in [-0.05, 0) is 23.6 Å². The van der Waals surface area contributed by atoms with E-state index in [9.17, 15) is 4.79 Å². The van der Waals surface area contributed by atoms with E-state index >= 15 is 0 Å². The Morgan fingerprint density at radius 2 is 2.06 bits per heavy atom. The molecule has 0 saturated heterocycles. The normalized spacial score (nSPS) is 12.9. The first-order chi connectivity index (χ1) is 8.34. The molecule has 1 aromatic rings. The first-order valence-corrected chi connectivity index (χ1v) is 6.18. The largest absolute Gasteiger partial charge is 0.493 e. The quantitative estimate of drug-likeness (QED) is 0.785. The number of carbonyl (C=O) groups excluding carboxylic acids is 1. The highest BCUT2D eigenvalue weighted by molar-refractivity contribution is 6.30. The van der Waals surface area contributed by atoms with Crippen molar-refractivity contribution in [1.82, 2.24) is 0 Å². The first kappa shape index (κ1) is 14.8. The lowest BCUT2D eigenvalue weighted by molar-refractivity contribution is -0.150. The third-order valence-corrected chi connectivity index (χ3v) is 2.98. The second-order valence-corrected chi connectivity index (χ2v) is 5.65. The predicted molar refractivity (Wildman–Crippen MR) is 71.9 cm³/mol. The minimum Gasteiger partial charge on any atom is -0.493 e. The van der Waals surface area contributed by atoms with E-state index in [2.05, 4.69) is 0 Å². The molecule has 0 fully saturated rings. The molecule has 1 unspecified atom stereocenters. The van der Waals surface area contributed by atoms with Crippen molar-refractivity contribution in [3.8, 4) is 5.75 Å². The Bertz CT molecular complexity index is 410. The van der Waals surface area contributed by atoms with Gasteiger partial charge in [0.2, 0.25) is 0 Å². The zero-order valence-electron chi connectivity index (χ0n) is 11.2. The number of hydrogen-bond acceptors (Lipinski definition) is 3. The summed E-state index contributed by atoms with van der Waals surface area (Å²) in [6.07, 6.45) is 0. The van der Waals surface area contributed by atoms with Crippen molar-refractivity contribution >= 4 is 17.6 Å². The number of carbonyl (C=O) groups is 1. The van der Waals surface area contributed by atoms with Crippen molar-refractivity contribution in [3.05, 3.63) is 29.3 Å². The fourth-order valence-corrected chi connectivity index (χ4v) is 1.73. The van der Waals surface area contributed by atoms with Crippen LogP contribution in [0.2, 0.25) is 5.02 Å². The van der Waals surface area contributed by atoms with Gasteiger partial charge >= 0.3 is 5.97 Å². The van der Waals surface area contributed by atoms with Crippen molar-refractivity contribution in [3.63, 3.8) is 0 Å². The highest BCUT2D eigenvalue weighted by atomic mass is 35.5.